The van der Waals surface area contributed by atoms with Gasteiger partial charge in [-0.3, -0.25) is 4.79 Å². The standard InChI is InChI=1S/C15H14ClNO4/c1-20-10-4-5-11(14(8-10)21-2)15(19)17-12-7-9(16)3-6-13(12)18/h3-8,18H,1-2H3,(H,17,19). The Kier molecular flexibility index (Phi) is 4.55. The fourth-order valence-electron chi connectivity index (χ4n) is 1.78. The molecule has 0 aromatic heterocycles. The molecule has 2 N–H and O–H groups in total. The van der Waals surface area contributed by atoms with Gasteiger partial charge in [-0.1, -0.05) is 11.6 Å². The highest BCUT2D eigenvalue weighted by molar-refractivity contribution is 6.31. The summed E-state index contributed by atoms with van der Waals surface area (Å²) in [4.78, 5) is 12.3. The van der Waals surface area contributed by atoms with Crippen LogP contribution in [-0.2, 0) is 0 Å². The molecule has 110 valence electrons. The van der Waals surface area contributed by atoms with Crippen LogP contribution in [0.2, 0.25) is 5.02 Å². The van der Waals surface area contributed by atoms with Crippen LogP contribution in [0, 0.1) is 0 Å². The van der Waals surface area contributed by atoms with E-state index >= 15 is 0 Å². The Labute approximate surface area is 127 Å². The molecule has 2 aromatic carbocycles. The number of ether oxygens (including phenoxy) is 2. The van der Waals surface area contributed by atoms with Crippen LogP contribution in [0.25, 0.3) is 0 Å². The topological polar surface area (TPSA) is 67.8 Å². The van der Waals surface area contributed by atoms with Gasteiger partial charge in [0.1, 0.15) is 17.2 Å². The molecule has 0 heterocycles. The van der Waals surface area contributed by atoms with E-state index in [1.807, 2.05) is 0 Å². The molecule has 0 saturated carbocycles. The molecular formula is C15H14ClNO4. The second-order valence-electron chi connectivity index (χ2n) is 4.18. The van der Waals surface area contributed by atoms with E-state index in [1.165, 1.54) is 32.4 Å². The molecule has 0 spiro atoms. The van der Waals surface area contributed by atoms with Gasteiger partial charge < -0.3 is 19.9 Å². The molecule has 0 aliphatic rings. The molecule has 2 rings (SSSR count). The number of nitrogens with one attached hydrogen (secondary N) is 1. The molecule has 0 atom stereocenters. The van der Waals surface area contributed by atoms with Gasteiger partial charge in [-0.2, -0.15) is 0 Å². The Morgan fingerprint density at radius 1 is 1.14 bits per heavy atom. The maximum atomic E-state index is 12.3. The van der Waals surface area contributed by atoms with Crippen molar-refractivity contribution in [2.45, 2.75) is 0 Å². The number of halogens is 1. The number of hydrogen-bond acceptors (Lipinski definition) is 4. The van der Waals surface area contributed by atoms with E-state index in [1.54, 1.807) is 18.2 Å². The number of hydrogen-bond donors (Lipinski definition) is 2. The van der Waals surface area contributed by atoms with Crippen LogP contribution >= 0.6 is 11.6 Å². The SMILES string of the molecule is COc1ccc(C(=O)Nc2cc(Cl)ccc2O)c(OC)c1. The van der Waals surface area contributed by atoms with Crippen LogP contribution < -0.4 is 14.8 Å². The molecule has 0 aliphatic carbocycles. The van der Waals surface area contributed by atoms with E-state index in [0.29, 0.717) is 22.1 Å². The highest BCUT2D eigenvalue weighted by Crippen LogP contribution is 2.29. The number of carbonyl (C=O) groups is 1. The second-order valence-corrected chi connectivity index (χ2v) is 4.62. The molecule has 5 nitrogen and oxygen atoms in total. The maximum absolute atomic E-state index is 12.3. The lowest BCUT2D eigenvalue weighted by molar-refractivity contribution is 0.102. The number of aromatic hydroxyl groups is 1. The quantitative estimate of drug-likeness (QED) is 0.850. The van der Waals surface area contributed by atoms with Crippen LogP contribution in [0.4, 0.5) is 5.69 Å². The fraction of sp³-hybridized carbons (Fsp3) is 0.133. The number of phenols is 1. The molecule has 21 heavy (non-hydrogen) atoms. The molecular weight excluding hydrogens is 294 g/mol. The maximum Gasteiger partial charge on any atom is 0.259 e. The third kappa shape index (κ3) is 3.38. The lowest BCUT2D eigenvalue weighted by Gasteiger charge is -2.11. The molecule has 1 amide bonds. The van der Waals surface area contributed by atoms with Crippen LogP contribution in [-0.4, -0.2) is 25.2 Å². The summed E-state index contributed by atoms with van der Waals surface area (Å²) in [5.41, 5.74) is 0.544. The first-order valence-corrected chi connectivity index (χ1v) is 6.45. The van der Waals surface area contributed by atoms with Crippen molar-refractivity contribution in [1.82, 2.24) is 0 Å². The molecule has 0 saturated heterocycles. The highest BCUT2D eigenvalue weighted by Gasteiger charge is 2.15. The van der Waals surface area contributed by atoms with E-state index in [9.17, 15) is 9.90 Å². The van der Waals surface area contributed by atoms with E-state index in [0.717, 1.165) is 0 Å². The smallest absolute Gasteiger partial charge is 0.259 e. The molecule has 0 unspecified atom stereocenters. The van der Waals surface area contributed by atoms with Crippen molar-refractivity contribution in [2.75, 3.05) is 19.5 Å². The highest BCUT2D eigenvalue weighted by atomic mass is 35.5. The number of methoxy groups -OCH3 is 2. The van der Waals surface area contributed by atoms with Gasteiger partial charge in [-0.05, 0) is 30.3 Å². The minimum atomic E-state index is -0.424. The van der Waals surface area contributed by atoms with Gasteiger partial charge in [0.25, 0.3) is 5.91 Å². The summed E-state index contributed by atoms with van der Waals surface area (Å²) in [6, 6.07) is 9.23. The first kappa shape index (κ1) is 15.0. The normalized spacial score (nSPS) is 10.0. The van der Waals surface area contributed by atoms with Gasteiger partial charge >= 0.3 is 0 Å². The second kappa shape index (κ2) is 6.37. The average Bonchev–Trinajstić information content (AvgIpc) is 2.50. The molecule has 6 heteroatoms. The van der Waals surface area contributed by atoms with Crippen molar-refractivity contribution in [1.29, 1.82) is 0 Å². The number of phenolic OH excluding ortho intramolecular Hbond substituents is 1. The Hall–Kier alpha value is -2.40. The molecule has 0 bridgehead atoms. The predicted octanol–water partition coefficient (Wildman–Crippen LogP) is 3.32. The van der Waals surface area contributed by atoms with Gasteiger partial charge in [0.2, 0.25) is 0 Å². The molecule has 0 fully saturated rings. The summed E-state index contributed by atoms with van der Waals surface area (Å²) in [6.45, 7) is 0. The van der Waals surface area contributed by atoms with Crippen LogP contribution in [0.5, 0.6) is 17.2 Å². The van der Waals surface area contributed by atoms with E-state index in [2.05, 4.69) is 5.32 Å². The summed E-state index contributed by atoms with van der Waals surface area (Å²) in [5, 5.41) is 12.7. The minimum Gasteiger partial charge on any atom is -0.506 e. The number of carbonyl (C=O) groups excluding carboxylic acids is 1. The lowest BCUT2D eigenvalue weighted by Crippen LogP contribution is -2.13. The first-order valence-electron chi connectivity index (χ1n) is 6.07. The van der Waals surface area contributed by atoms with Gasteiger partial charge in [0.05, 0.1) is 25.5 Å². The zero-order chi connectivity index (χ0) is 15.4. The van der Waals surface area contributed by atoms with Crippen molar-refractivity contribution in [3.05, 3.63) is 47.0 Å². The number of benzene rings is 2. The van der Waals surface area contributed by atoms with Crippen LogP contribution in [0.15, 0.2) is 36.4 Å². The van der Waals surface area contributed by atoms with Gasteiger partial charge in [0.15, 0.2) is 0 Å². The first-order chi connectivity index (χ1) is 10.0. The van der Waals surface area contributed by atoms with Crippen LogP contribution in [0.3, 0.4) is 0 Å². The third-order valence-corrected chi connectivity index (χ3v) is 3.10. The molecule has 0 radical (unpaired) electrons. The lowest BCUT2D eigenvalue weighted by atomic mass is 10.1. The Balaban J connectivity index is 2.30. The third-order valence-electron chi connectivity index (χ3n) is 2.86. The summed E-state index contributed by atoms with van der Waals surface area (Å²) in [5.74, 6) is 0.453. The van der Waals surface area contributed by atoms with Gasteiger partial charge in [0, 0.05) is 11.1 Å². The van der Waals surface area contributed by atoms with Gasteiger partial charge in [-0.15, -0.1) is 0 Å². The zero-order valence-electron chi connectivity index (χ0n) is 11.5. The number of rotatable bonds is 4. The monoisotopic (exact) mass is 307 g/mol. The van der Waals surface area contributed by atoms with E-state index in [4.69, 9.17) is 21.1 Å². The largest absolute Gasteiger partial charge is 0.506 e. The van der Waals surface area contributed by atoms with Crippen LogP contribution in [0.1, 0.15) is 10.4 Å². The fourth-order valence-corrected chi connectivity index (χ4v) is 1.96. The summed E-state index contributed by atoms with van der Waals surface area (Å²) in [6.07, 6.45) is 0. The molecule has 0 aliphatic heterocycles. The Bertz CT molecular complexity index is 673. The van der Waals surface area contributed by atoms with E-state index < -0.39 is 5.91 Å². The van der Waals surface area contributed by atoms with Gasteiger partial charge in [-0.25, -0.2) is 0 Å². The predicted molar refractivity (Wildman–Crippen MR) is 80.6 cm³/mol. The number of amides is 1. The van der Waals surface area contributed by atoms with Crippen molar-refractivity contribution >= 4 is 23.2 Å². The Morgan fingerprint density at radius 3 is 2.57 bits per heavy atom. The summed E-state index contributed by atoms with van der Waals surface area (Å²) >= 11 is 5.84. The van der Waals surface area contributed by atoms with Crippen molar-refractivity contribution < 1.29 is 19.4 Å². The van der Waals surface area contributed by atoms with Crippen molar-refractivity contribution in [2.24, 2.45) is 0 Å². The number of anilines is 1. The Morgan fingerprint density at radius 2 is 1.90 bits per heavy atom. The summed E-state index contributed by atoms with van der Waals surface area (Å²) < 4.78 is 10.2. The zero-order valence-corrected chi connectivity index (χ0v) is 12.3. The average molecular weight is 308 g/mol. The summed E-state index contributed by atoms with van der Waals surface area (Å²) in [7, 11) is 2.99. The van der Waals surface area contributed by atoms with E-state index in [-0.39, 0.29) is 11.4 Å². The minimum absolute atomic E-state index is 0.0692. The van der Waals surface area contributed by atoms with Crippen molar-refractivity contribution in [3.63, 3.8) is 0 Å². The molecule has 2 aromatic rings. The van der Waals surface area contributed by atoms with Crippen molar-refractivity contribution in [3.8, 4) is 17.2 Å².